The lowest BCUT2D eigenvalue weighted by Crippen LogP contribution is -2.54. The number of hydrogen-bond donors (Lipinski definition) is 2. The second-order valence-electron chi connectivity index (χ2n) is 5.29. The van der Waals surface area contributed by atoms with Crippen molar-refractivity contribution in [2.45, 2.75) is 52.0 Å². The van der Waals surface area contributed by atoms with Crippen LogP contribution < -0.4 is 5.32 Å². The van der Waals surface area contributed by atoms with Crippen molar-refractivity contribution < 1.29 is 9.90 Å². The van der Waals surface area contributed by atoms with Crippen LogP contribution in [0, 0.1) is 5.41 Å². The highest BCUT2D eigenvalue weighted by Crippen LogP contribution is 2.43. The van der Waals surface area contributed by atoms with E-state index in [1.54, 1.807) is 0 Å². The summed E-state index contributed by atoms with van der Waals surface area (Å²) < 4.78 is 0. The monoisotopic (exact) mass is 199 g/mol. The molecule has 1 rings (SSSR count). The van der Waals surface area contributed by atoms with Crippen LogP contribution in [0.25, 0.3) is 0 Å². The summed E-state index contributed by atoms with van der Waals surface area (Å²) in [6, 6.07) is 0. The Morgan fingerprint density at radius 2 is 1.86 bits per heavy atom. The largest absolute Gasteiger partial charge is 0.480 e. The summed E-state index contributed by atoms with van der Waals surface area (Å²) in [7, 11) is 0. The highest BCUT2D eigenvalue weighted by Gasteiger charge is 2.43. The molecular formula is C11H21NO2. The van der Waals surface area contributed by atoms with Gasteiger partial charge in [-0.05, 0) is 18.3 Å². The fraction of sp³-hybridized carbons (Fsp3) is 0.909. The molecule has 0 atom stereocenters. The van der Waals surface area contributed by atoms with Gasteiger partial charge in [0, 0.05) is 5.54 Å². The van der Waals surface area contributed by atoms with Crippen LogP contribution in [-0.2, 0) is 4.79 Å². The van der Waals surface area contributed by atoms with E-state index in [9.17, 15) is 4.79 Å². The zero-order chi connectivity index (χ0) is 10.8. The number of rotatable bonds is 3. The maximum absolute atomic E-state index is 10.6. The maximum atomic E-state index is 10.6. The van der Waals surface area contributed by atoms with Gasteiger partial charge in [-0.2, -0.15) is 0 Å². The number of carboxylic acids is 1. The summed E-state index contributed by atoms with van der Waals surface area (Å²) in [5.74, 6) is -0.763. The predicted octanol–water partition coefficient (Wildman–Crippen LogP) is 2.02. The minimum absolute atomic E-state index is 0.0331. The van der Waals surface area contributed by atoms with Gasteiger partial charge in [-0.25, -0.2) is 0 Å². The Labute approximate surface area is 85.9 Å². The Kier molecular flexibility index (Phi) is 3.20. The fourth-order valence-corrected chi connectivity index (χ4v) is 2.42. The number of carboxylic acid groups (broad SMARTS) is 1. The molecule has 0 aromatic carbocycles. The normalized spacial score (nSPS) is 21.1. The molecule has 0 unspecified atom stereocenters. The van der Waals surface area contributed by atoms with Crippen LogP contribution in [0.2, 0.25) is 0 Å². The molecule has 0 heterocycles. The Morgan fingerprint density at radius 3 is 2.21 bits per heavy atom. The standard InChI is InChI=1S/C11H21NO2/c1-10(2,3)11(6-4-5-7-11)12-8-9(13)14/h12H,4-8H2,1-3H3,(H,13,14). The molecule has 0 aliphatic heterocycles. The average Bonchev–Trinajstić information content (AvgIpc) is 2.48. The molecule has 2 N–H and O–H groups in total. The van der Waals surface area contributed by atoms with E-state index < -0.39 is 5.97 Å². The van der Waals surface area contributed by atoms with Gasteiger partial charge in [0.25, 0.3) is 0 Å². The first-order chi connectivity index (χ1) is 6.37. The topological polar surface area (TPSA) is 49.3 Å². The van der Waals surface area contributed by atoms with Crippen molar-refractivity contribution in [1.29, 1.82) is 0 Å². The van der Waals surface area contributed by atoms with Crippen LogP contribution in [0.3, 0.4) is 0 Å². The van der Waals surface area contributed by atoms with Gasteiger partial charge in [-0.15, -0.1) is 0 Å². The summed E-state index contributed by atoms with van der Waals surface area (Å²) in [6.07, 6.45) is 4.63. The van der Waals surface area contributed by atoms with E-state index in [-0.39, 0.29) is 17.5 Å². The first kappa shape index (κ1) is 11.5. The van der Waals surface area contributed by atoms with E-state index in [4.69, 9.17) is 5.11 Å². The van der Waals surface area contributed by atoms with E-state index in [1.165, 1.54) is 12.8 Å². The Balaban J connectivity index is 2.67. The van der Waals surface area contributed by atoms with Crippen LogP contribution in [-0.4, -0.2) is 23.2 Å². The SMILES string of the molecule is CC(C)(C)C1(NCC(=O)O)CCCC1. The van der Waals surface area contributed by atoms with Crippen LogP contribution in [0.5, 0.6) is 0 Å². The second-order valence-corrected chi connectivity index (χ2v) is 5.29. The highest BCUT2D eigenvalue weighted by molar-refractivity contribution is 5.69. The lowest BCUT2D eigenvalue weighted by molar-refractivity contribution is -0.136. The van der Waals surface area contributed by atoms with Gasteiger partial charge in [0.05, 0.1) is 6.54 Å². The van der Waals surface area contributed by atoms with Crippen LogP contribution in [0.15, 0.2) is 0 Å². The smallest absolute Gasteiger partial charge is 0.317 e. The lowest BCUT2D eigenvalue weighted by atomic mass is 9.72. The Morgan fingerprint density at radius 1 is 1.36 bits per heavy atom. The molecule has 3 heteroatoms. The van der Waals surface area contributed by atoms with E-state index >= 15 is 0 Å². The molecule has 1 saturated carbocycles. The molecular weight excluding hydrogens is 178 g/mol. The van der Waals surface area contributed by atoms with Gasteiger partial charge in [-0.3, -0.25) is 4.79 Å². The molecule has 1 aliphatic rings. The number of aliphatic carboxylic acids is 1. The molecule has 82 valence electrons. The first-order valence-corrected chi connectivity index (χ1v) is 5.34. The van der Waals surface area contributed by atoms with Crippen molar-refractivity contribution in [2.24, 2.45) is 5.41 Å². The molecule has 1 fully saturated rings. The van der Waals surface area contributed by atoms with E-state index in [2.05, 4.69) is 26.1 Å². The zero-order valence-corrected chi connectivity index (χ0v) is 9.39. The van der Waals surface area contributed by atoms with Crippen molar-refractivity contribution in [3.05, 3.63) is 0 Å². The van der Waals surface area contributed by atoms with Crippen LogP contribution >= 0.6 is 0 Å². The van der Waals surface area contributed by atoms with Crippen molar-refractivity contribution in [2.75, 3.05) is 6.54 Å². The molecule has 0 aromatic rings. The molecule has 0 saturated heterocycles. The van der Waals surface area contributed by atoms with Crippen molar-refractivity contribution in [3.63, 3.8) is 0 Å². The van der Waals surface area contributed by atoms with Crippen LogP contribution in [0.1, 0.15) is 46.5 Å². The summed E-state index contributed by atoms with van der Waals surface area (Å²) >= 11 is 0. The zero-order valence-electron chi connectivity index (χ0n) is 9.39. The second kappa shape index (κ2) is 3.89. The van der Waals surface area contributed by atoms with Crippen LogP contribution in [0.4, 0.5) is 0 Å². The molecule has 14 heavy (non-hydrogen) atoms. The number of carbonyl (C=O) groups is 1. The van der Waals surface area contributed by atoms with E-state index in [0.717, 1.165) is 12.8 Å². The quantitative estimate of drug-likeness (QED) is 0.731. The molecule has 0 radical (unpaired) electrons. The number of nitrogens with one attached hydrogen (secondary N) is 1. The fourth-order valence-electron chi connectivity index (χ4n) is 2.42. The van der Waals surface area contributed by atoms with Gasteiger partial charge in [-0.1, -0.05) is 33.6 Å². The van der Waals surface area contributed by atoms with E-state index in [0.29, 0.717) is 0 Å². The molecule has 0 spiro atoms. The molecule has 0 amide bonds. The summed E-state index contributed by atoms with van der Waals surface area (Å²) in [5.41, 5.74) is 0.171. The summed E-state index contributed by atoms with van der Waals surface area (Å²) in [4.78, 5) is 10.6. The van der Waals surface area contributed by atoms with Gasteiger partial charge in [0.2, 0.25) is 0 Å². The van der Waals surface area contributed by atoms with E-state index in [1.807, 2.05) is 0 Å². The third-order valence-corrected chi connectivity index (χ3v) is 3.47. The maximum Gasteiger partial charge on any atom is 0.317 e. The minimum Gasteiger partial charge on any atom is -0.480 e. The molecule has 1 aliphatic carbocycles. The van der Waals surface area contributed by atoms with Gasteiger partial charge >= 0.3 is 5.97 Å². The van der Waals surface area contributed by atoms with Crippen molar-refractivity contribution in [1.82, 2.24) is 5.32 Å². The molecule has 3 nitrogen and oxygen atoms in total. The van der Waals surface area contributed by atoms with Gasteiger partial charge in [0.1, 0.15) is 0 Å². The number of hydrogen-bond acceptors (Lipinski definition) is 2. The molecule has 0 bridgehead atoms. The first-order valence-electron chi connectivity index (χ1n) is 5.34. The molecule has 0 aromatic heterocycles. The lowest BCUT2D eigenvalue weighted by Gasteiger charge is -2.42. The highest BCUT2D eigenvalue weighted by atomic mass is 16.4. The average molecular weight is 199 g/mol. The van der Waals surface area contributed by atoms with Gasteiger partial charge in [0.15, 0.2) is 0 Å². The third-order valence-electron chi connectivity index (χ3n) is 3.47. The summed E-state index contributed by atoms with van der Waals surface area (Å²) in [6.45, 7) is 6.64. The van der Waals surface area contributed by atoms with Gasteiger partial charge < -0.3 is 10.4 Å². The third kappa shape index (κ3) is 2.27. The predicted molar refractivity (Wildman–Crippen MR) is 56.3 cm³/mol. The van der Waals surface area contributed by atoms with Crippen molar-refractivity contribution in [3.8, 4) is 0 Å². The Hall–Kier alpha value is -0.570. The minimum atomic E-state index is -0.763. The Bertz CT molecular complexity index is 212. The summed E-state index contributed by atoms with van der Waals surface area (Å²) in [5, 5.41) is 11.9. The van der Waals surface area contributed by atoms with Crippen molar-refractivity contribution >= 4 is 5.97 Å².